The van der Waals surface area contributed by atoms with Crippen LogP contribution in [0.5, 0.6) is 0 Å². The van der Waals surface area contributed by atoms with Crippen molar-refractivity contribution in [3.63, 3.8) is 0 Å². The number of rotatable bonds is 3. The van der Waals surface area contributed by atoms with Crippen LogP contribution in [0.4, 0.5) is 0 Å². The van der Waals surface area contributed by atoms with Crippen molar-refractivity contribution in [2.75, 3.05) is 0 Å². The van der Waals surface area contributed by atoms with Crippen LogP contribution in [0, 0.1) is 0 Å². The first-order valence-corrected chi connectivity index (χ1v) is 6.15. The van der Waals surface area contributed by atoms with Crippen LogP contribution >= 0.6 is 0 Å². The summed E-state index contributed by atoms with van der Waals surface area (Å²) in [5.74, 6) is 0. The van der Waals surface area contributed by atoms with Crippen LogP contribution in [0.25, 0.3) is 0 Å². The number of nitrogens with zero attached hydrogens (tertiary/aromatic N) is 1. The van der Waals surface area contributed by atoms with Crippen LogP contribution in [-0.4, -0.2) is 5.71 Å². The van der Waals surface area contributed by atoms with Crippen molar-refractivity contribution in [3.8, 4) is 0 Å². The summed E-state index contributed by atoms with van der Waals surface area (Å²) in [6.07, 6.45) is 17.3. The first-order valence-electron chi connectivity index (χ1n) is 6.15. The molecule has 0 saturated carbocycles. The van der Waals surface area contributed by atoms with Crippen molar-refractivity contribution in [3.05, 3.63) is 84.7 Å². The Kier molecular flexibility index (Phi) is 6.10. The molecule has 0 atom stereocenters. The molecule has 2 nitrogen and oxygen atoms in total. The largest absolute Gasteiger partial charge is 0.285 e. The van der Waals surface area contributed by atoms with Gasteiger partial charge in [0.25, 0.3) is 0 Å². The van der Waals surface area contributed by atoms with Crippen LogP contribution in [0.2, 0.25) is 0 Å². The van der Waals surface area contributed by atoms with Gasteiger partial charge in [-0.15, -0.1) is 0 Å². The highest BCUT2D eigenvalue weighted by molar-refractivity contribution is 6.08. The molecular formula is C17H20N2. The molecule has 0 radical (unpaired) electrons. The van der Waals surface area contributed by atoms with Crippen LogP contribution in [-0.2, 0) is 0 Å². The van der Waals surface area contributed by atoms with Crippen molar-refractivity contribution in [2.24, 2.45) is 5.10 Å². The highest BCUT2D eigenvalue weighted by Gasteiger charge is 1.99. The summed E-state index contributed by atoms with van der Waals surface area (Å²) in [7, 11) is 0. The summed E-state index contributed by atoms with van der Waals surface area (Å²) in [4.78, 5) is 0. The predicted octanol–water partition coefficient (Wildman–Crippen LogP) is 4.21. The summed E-state index contributed by atoms with van der Waals surface area (Å²) < 4.78 is 0. The maximum Gasteiger partial charge on any atom is 0.0865 e. The third kappa shape index (κ3) is 5.68. The highest BCUT2D eigenvalue weighted by atomic mass is 15.3. The minimum Gasteiger partial charge on any atom is -0.285 e. The molecule has 0 aromatic heterocycles. The number of allylic oxidation sites excluding steroid dienone is 11. The Labute approximate surface area is 115 Å². The first-order chi connectivity index (χ1) is 9.13. The zero-order valence-electron chi connectivity index (χ0n) is 11.6. The molecule has 1 aliphatic heterocycles. The van der Waals surface area contributed by atoms with Gasteiger partial charge in [-0.25, -0.2) is 0 Å². The molecule has 0 aromatic rings. The number of hydrazone groups is 1. The van der Waals surface area contributed by atoms with E-state index in [2.05, 4.69) is 23.7 Å². The SMILES string of the molecule is C=C\C=C/C=C(C)/C1=N/N/C=C\C(=C)\C=C\C(C)=C\1. The molecule has 0 bridgehead atoms. The third-order valence-electron chi connectivity index (χ3n) is 2.48. The van der Waals surface area contributed by atoms with Crippen LogP contribution in [0.3, 0.4) is 0 Å². The molecule has 0 aliphatic carbocycles. The zero-order valence-corrected chi connectivity index (χ0v) is 11.6. The second-order valence-electron chi connectivity index (χ2n) is 4.23. The van der Waals surface area contributed by atoms with Crippen LogP contribution in [0.15, 0.2) is 89.8 Å². The molecule has 0 spiro atoms. The minimum atomic E-state index is 0.896. The average molecular weight is 252 g/mol. The number of hydrogen-bond acceptors (Lipinski definition) is 2. The third-order valence-corrected chi connectivity index (χ3v) is 2.48. The van der Waals surface area contributed by atoms with E-state index < -0.39 is 0 Å². The topological polar surface area (TPSA) is 24.4 Å². The Morgan fingerprint density at radius 3 is 2.79 bits per heavy atom. The molecule has 0 fully saturated rings. The van der Waals surface area contributed by atoms with E-state index in [1.54, 1.807) is 12.3 Å². The van der Waals surface area contributed by atoms with Gasteiger partial charge in [-0.1, -0.05) is 49.6 Å². The molecule has 0 amide bonds. The van der Waals surface area contributed by atoms with Crippen LogP contribution in [0.1, 0.15) is 13.8 Å². The van der Waals surface area contributed by atoms with Crippen molar-refractivity contribution in [1.82, 2.24) is 5.43 Å². The maximum absolute atomic E-state index is 4.35. The Hall–Kier alpha value is -2.35. The molecule has 1 rings (SSSR count). The normalized spacial score (nSPS) is 25.8. The van der Waals surface area contributed by atoms with Gasteiger partial charge in [0, 0.05) is 6.20 Å². The molecule has 0 saturated heterocycles. The predicted molar refractivity (Wildman–Crippen MR) is 84.8 cm³/mol. The average Bonchev–Trinajstić information content (AvgIpc) is 2.39. The maximum atomic E-state index is 4.35. The molecule has 98 valence electrons. The highest BCUT2D eigenvalue weighted by Crippen LogP contribution is 2.07. The number of nitrogens with one attached hydrogen (secondary N) is 1. The van der Waals surface area contributed by atoms with Gasteiger partial charge in [0.1, 0.15) is 0 Å². The van der Waals surface area contributed by atoms with Gasteiger partial charge < -0.3 is 0 Å². The van der Waals surface area contributed by atoms with Gasteiger partial charge in [0.15, 0.2) is 0 Å². The van der Waals surface area contributed by atoms with Crippen molar-refractivity contribution >= 4 is 5.71 Å². The van der Waals surface area contributed by atoms with Crippen molar-refractivity contribution in [1.29, 1.82) is 0 Å². The fourth-order valence-electron chi connectivity index (χ4n) is 1.41. The Morgan fingerprint density at radius 1 is 1.26 bits per heavy atom. The molecule has 1 heterocycles. The first kappa shape index (κ1) is 14.7. The molecule has 0 aromatic carbocycles. The van der Waals surface area contributed by atoms with Gasteiger partial charge in [0.2, 0.25) is 0 Å². The minimum absolute atomic E-state index is 0.896. The van der Waals surface area contributed by atoms with Crippen LogP contribution < -0.4 is 5.43 Å². The summed E-state index contributed by atoms with van der Waals surface area (Å²) in [5.41, 5.74) is 6.94. The van der Waals surface area contributed by atoms with Gasteiger partial charge >= 0.3 is 0 Å². The Balaban J connectivity index is 3.03. The van der Waals surface area contributed by atoms with E-state index in [-0.39, 0.29) is 0 Å². The molecule has 1 N–H and O–H groups in total. The summed E-state index contributed by atoms with van der Waals surface area (Å²) >= 11 is 0. The van der Waals surface area contributed by atoms with E-state index in [1.807, 2.05) is 56.4 Å². The Bertz CT molecular complexity index is 523. The van der Waals surface area contributed by atoms with Gasteiger partial charge in [-0.3, -0.25) is 5.43 Å². The monoisotopic (exact) mass is 252 g/mol. The standard InChI is InChI=1S/C17H20N2/c1-5-6-7-8-16(4)17-13-15(3)10-9-14(2)11-12-18-19-17/h5-13,18H,1-2H2,3-4H3/b7-6-,10-9+,12-11-,15-13+,16-8+,19-17+. The summed E-state index contributed by atoms with van der Waals surface area (Å²) in [6, 6.07) is 0. The smallest absolute Gasteiger partial charge is 0.0865 e. The zero-order chi connectivity index (χ0) is 14.1. The lowest BCUT2D eigenvalue weighted by atomic mass is 10.1. The molecule has 1 aliphatic rings. The number of hydrogen-bond donors (Lipinski definition) is 1. The molecule has 19 heavy (non-hydrogen) atoms. The van der Waals surface area contributed by atoms with E-state index in [9.17, 15) is 0 Å². The lowest BCUT2D eigenvalue weighted by Gasteiger charge is -2.04. The van der Waals surface area contributed by atoms with Gasteiger partial charge in [0.05, 0.1) is 5.71 Å². The fourth-order valence-corrected chi connectivity index (χ4v) is 1.41. The second kappa shape index (κ2) is 7.88. The van der Waals surface area contributed by atoms with E-state index >= 15 is 0 Å². The van der Waals surface area contributed by atoms with E-state index in [0.29, 0.717) is 0 Å². The second-order valence-corrected chi connectivity index (χ2v) is 4.23. The lowest BCUT2D eigenvalue weighted by molar-refractivity contribution is 0.966. The Morgan fingerprint density at radius 2 is 2.05 bits per heavy atom. The van der Waals surface area contributed by atoms with Gasteiger partial charge in [-0.2, -0.15) is 5.10 Å². The molecule has 0 unspecified atom stereocenters. The van der Waals surface area contributed by atoms with Crippen molar-refractivity contribution < 1.29 is 0 Å². The fraction of sp³-hybridized carbons (Fsp3) is 0.118. The summed E-state index contributed by atoms with van der Waals surface area (Å²) in [6.45, 7) is 11.6. The molecule has 2 heteroatoms. The van der Waals surface area contributed by atoms with E-state index in [1.165, 1.54) is 0 Å². The molecular weight excluding hydrogens is 232 g/mol. The van der Waals surface area contributed by atoms with E-state index in [4.69, 9.17) is 0 Å². The summed E-state index contributed by atoms with van der Waals surface area (Å²) in [5, 5.41) is 4.35. The lowest BCUT2D eigenvalue weighted by Crippen LogP contribution is -2.05. The quantitative estimate of drug-likeness (QED) is 0.748. The van der Waals surface area contributed by atoms with Gasteiger partial charge in [-0.05, 0) is 42.7 Å². The van der Waals surface area contributed by atoms with E-state index in [0.717, 1.165) is 22.4 Å². The van der Waals surface area contributed by atoms with Crippen molar-refractivity contribution in [2.45, 2.75) is 13.8 Å².